The molecule has 1 N–H and O–H groups in total. The minimum atomic E-state index is -0.978. The Morgan fingerprint density at radius 3 is 2.50 bits per heavy atom. The first-order chi connectivity index (χ1) is 11.4. The predicted molar refractivity (Wildman–Crippen MR) is 88.5 cm³/mol. The maximum Gasteiger partial charge on any atom is 0.344 e. The van der Waals surface area contributed by atoms with E-state index in [1.807, 2.05) is 31.2 Å². The van der Waals surface area contributed by atoms with E-state index in [0.29, 0.717) is 12.1 Å². The zero-order chi connectivity index (χ0) is 17.5. The van der Waals surface area contributed by atoms with Crippen molar-refractivity contribution in [3.63, 3.8) is 0 Å². The zero-order valence-electron chi connectivity index (χ0n) is 13.9. The maximum absolute atomic E-state index is 12.4. The van der Waals surface area contributed by atoms with Gasteiger partial charge < -0.3 is 0 Å². The summed E-state index contributed by atoms with van der Waals surface area (Å²) in [6.45, 7) is 5.57. The highest BCUT2D eigenvalue weighted by Gasteiger charge is 2.64. The quantitative estimate of drug-likeness (QED) is 0.522. The summed E-state index contributed by atoms with van der Waals surface area (Å²) in [5.41, 5.74) is 1.52. The lowest BCUT2D eigenvalue weighted by atomic mass is 9.85. The van der Waals surface area contributed by atoms with Gasteiger partial charge in [-0.05, 0) is 38.0 Å². The van der Waals surface area contributed by atoms with E-state index in [1.165, 1.54) is 11.9 Å². The number of carbonyl (C=O) groups is 3. The molecule has 124 valence electrons. The normalized spacial score (nSPS) is 23.4. The topological polar surface area (TPSA) is 69.7 Å². The molecule has 3 rings (SSSR count). The number of imide groups is 1. The molecule has 1 unspecified atom stereocenters. The first kappa shape index (κ1) is 16.0. The number of Topliss-reactive ketones (excluding diaryl/α,β-unsaturated/α-hetero) is 1. The number of ketones is 1. The summed E-state index contributed by atoms with van der Waals surface area (Å²) < 4.78 is 0. The minimum absolute atomic E-state index is 0.00800. The third-order valence-corrected chi connectivity index (χ3v) is 4.49. The molecule has 2 heterocycles. The highest BCUT2D eigenvalue weighted by atomic mass is 16.2. The molecule has 1 aromatic rings. The Balaban J connectivity index is 1.87. The first-order valence-corrected chi connectivity index (χ1v) is 7.71. The lowest BCUT2D eigenvalue weighted by molar-refractivity contribution is -0.162. The zero-order valence-corrected chi connectivity index (χ0v) is 13.9. The van der Waals surface area contributed by atoms with Crippen molar-refractivity contribution in [2.75, 3.05) is 6.54 Å². The van der Waals surface area contributed by atoms with Gasteiger partial charge in [0.15, 0.2) is 11.3 Å². The summed E-state index contributed by atoms with van der Waals surface area (Å²) in [6, 6.07) is 7.16. The number of amides is 3. The number of nitrogens with zero attached hydrogens (tertiary/aromatic N) is 2. The summed E-state index contributed by atoms with van der Waals surface area (Å²) in [5.74, 6) is -0.317. The molecule has 0 radical (unpaired) electrons. The molecule has 0 spiro atoms. The summed E-state index contributed by atoms with van der Waals surface area (Å²) in [5, 5.41) is 5.48. The number of hydrazine groups is 1. The number of carbonyl (C=O) groups excluding carboxylic acids is 3. The number of hydrogen-bond acceptors (Lipinski definition) is 4. The third kappa shape index (κ3) is 2.31. The Labute approximate surface area is 140 Å². The van der Waals surface area contributed by atoms with Gasteiger partial charge in [0.1, 0.15) is 0 Å². The average molecular weight is 325 g/mol. The van der Waals surface area contributed by atoms with Crippen LogP contribution < -0.4 is 5.32 Å². The molecule has 1 atom stereocenters. The van der Waals surface area contributed by atoms with Gasteiger partial charge in [-0.3, -0.25) is 19.9 Å². The SMILES string of the molecule is CC(=O)/C(C)=C\C=C/N1CC2(c3ccc(C)cc3)C(=O)NC(=O)N12. The van der Waals surface area contributed by atoms with Crippen LogP contribution in [-0.4, -0.2) is 34.3 Å². The summed E-state index contributed by atoms with van der Waals surface area (Å²) in [6.07, 6.45) is 5.08. The first-order valence-electron chi connectivity index (χ1n) is 7.71. The largest absolute Gasteiger partial charge is 0.344 e. The number of allylic oxidation sites excluding steroid dienone is 3. The van der Waals surface area contributed by atoms with Crippen molar-refractivity contribution in [3.8, 4) is 0 Å². The van der Waals surface area contributed by atoms with Gasteiger partial charge >= 0.3 is 6.03 Å². The van der Waals surface area contributed by atoms with E-state index in [4.69, 9.17) is 0 Å². The van der Waals surface area contributed by atoms with Crippen LogP contribution >= 0.6 is 0 Å². The molecule has 24 heavy (non-hydrogen) atoms. The van der Waals surface area contributed by atoms with Crippen molar-refractivity contribution in [2.24, 2.45) is 0 Å². The second-order valence-corrected chi connectivity index (χ2v) is 6.14. The van der Waals surface area contributed by atoms with Gasteiger partial charge in [-0.15, -0.1) is 0 Å². The van der Waals surface area contributed by atoms with Gasteiger partial charge in [-0.1, -0.05) is 35.9 Å². The number of aryl methyl sites for hydroxylation is 1. The van der Waals surface area contributed by atoms with Crippen LogP contribution in [0.3, 0.4) is 0 Å². The Morgan fingerprint density at radius 2 is 1.88 bits per heavy atom. The summed E-state index contributed by atoms with van der Waals surface area (Å²) >= 11 is 0. The second-order valence-electron chi connectivity index (χ2n) is 6.14. The lowest BCUT2D eigenvalue weighted by Gasteiger charge is -2.52. The third-order valence-electron chi connectivity index (χ3n) is 4.49. The fourth-order valence-electron chi connectivity index (χ4n) is 2.92. The number of nitrogens with one attached hydrogen (secondary N) is 1. The van der Waals surface area contributed by atoms with Gasteiger partial charge in [0.25, 0.3) is 5.91 Å². The van der Waals surface area contributed by atoms with Crippen LogP contribution in [0.4, 0.5) is 4.79 Å². The summed E-state index contributed by atoms with van der Waals surface area (Å²) in [7, 11) is 0. The number of benzene rings is 1. The number of rotatable bonds is 4. The fraction of sp³-hybridized carbons (Fsp3) is 0.278. The van der Waals surface area contributed by atoms with Crippen molar-refractivity contribution < 1.29 is 14.4 Å². The van der Waals surface area contributed by atoms with E-state index < -0.39 is 11.6 Å². The molecule has 6 nitrogen and oxygen atoms in total. The average Bonchev–Trinajstić information content (AvgIpc) is 2.69. The monoisotopic (exact) mass is 325 g/mol. The second kappa shape index (κ2) is 5.63. The van der Waals surface area contributed by atoms with Crippen LogP contribution in [0, 0.1) is 6.92 Å². The van der Waals surface area contributed by atoms with Crippen molar-refractivity contribution in [3.05, 3.63) is 59.3 Å². The molecule has 3 amide bonds. The molecule has 1 aromatic carbocycles. The standard InChI is InChI=1S/C18H19N3O3/c1-12-6-8-15(9-7-12)18-11-20(10-4-5-13(2)14(3)22)21(18)17(24)19-16(18)23/h4-10H,11H2,1-3H3,(H,19,23,24)/b10-4-,13-5-. The molecule has 2 aliphatic heterocycles. The fourth-order valence-corrected chi connectivity index (χ4v) is 2.92. The van der Waals surface area contributed by atoms with E-state index >= 15 is 0 Å². The van der Waals surface area contributed by atoms with Gasteiger partial charge in [0.05, 0.1) is 6.54 Å². The molecule has 6 heteroatoms. The number of urea groups is 1. The number of hydrogen-bond donors (Lipinski definition) is 1. The molecule has 0 bridgehead atoms. The lowest BCUT2D eigenvalue weighted by Crippen LogP contribution is -2.69. The highest BCUT2D eigenvalue weighted by molar-refractivity contribution is 6.08. The highest BCUT2D eigenvalue weighted by Crippen LogP contribution is 2.43. The minimum Gasteiger partial charge on any atom is -0.295 e. The molecule has 0 aromatic heterocycles. The Hall–Kier alpha value is -2.89. The van der Waals surface area contributed by atoms with Crippen LogP contribution in [0.5, 0.6) is 0 Å². The van der Waals surface area contributed by atoms with Crippen molar-refractivity contribution >= 4 is 17.7 Å². The molecule has 0 saturated carbocycles. The van der Waals surface area contributed by atoms with Crippen molar-refractivity contribution in [1.29, 1.82) is 0 Å². The van der Waals surface area contributed by atoms with Crippen LogP contribution in [-0.2, 0) is 15.1 Å². The maximum atomic E-state index is 12.4. The number of fused-ring (bicyclic) bond motifs is 1. The summed E-state index contributed by atoms with van der Waals surface area (Å²) in [4.78, 5) is 35.8. The Bertz CT molecular complexity index is 779. The van der Waals surface area contributed by atoms with E-state index in [1.54, 1.807) is 30.3 Å². The molecule has 2 aliphatic rings. The Morgan fingerprint density at radius 1 is 1.21 bits per heavy atom. The van der Waals surface area contributed by atoms with Gasteiger partial charge in [0, 0.05) is 6.20 Å². The van der Waals surface area contributed by atoms with Crippen LogP contribution in [0.2, 0.25) is 0 Å². The predicted octanol–water partition coefficient (Wildman–Crippen LogP) is 2.02. The molecular formula is C18H19N3O3. The van der Waals surface area contributed by atoms with Gasteiger partial charge in [-0.25, -0.2) is 9.80 Å². The van der Waals surface area contributed by atoms with Gasteiger partial charge in [0.2, 0.25) is 0 Å². The van der Waals surface area contributed by atoms with Crippen LogP contribution in [0.15, 0.2) is 48.2 Å². The molecule has 0 aliphatic carbocycles. The van der Waals surface area contributed by atoms with Crippen molar-refractivity contribution in [1.82, 2.24) is 15.3 Å². The van der Waals surface area contributed by atoms with Crippen LogP contribution in [0.25, 0.3) is 0 Å². The van der Waals surface area contributed by atoms with Gasteiger partial charge in [-0.2, -0.15) is 0 Å². The Kier molecular flexibility index (Phi) is 3.75. The molecule has 2 saturated heterocycles. The van der Waals surface area contributed by atoms with E-state index in [0.717, 1.165) is 11.1 Å². The van der Waals surface area contributed by atoms with E-state index in [9.17, 15) is 14.4 Å². The smallest absolute Gasteiger partial charge is 0.295 e. The molecule has 2 fully saturated rings. The van der Waals surface area contributed by atoms with Crippen molar-refractivity contribution in [2.45, 2.75) is 26.3 Å². The van der Waals surface area contributed by atoms with E-state index in [-0.39, 0.29) is 11.7 Å². The van der Waals surface area contributed by atoms with E-state index in [2.05, 4.69) is 5.32 Å². The van der Waals surface area contributed by atoms with Crippen LogP contribution in [0.1, 0.15) is 25.0 Å². The molecular weight excluding hydrogens is 306 g/mol.